The van der Waals surface area contributed by atoms with E-state index >= 15 is 0 Å². The molecule has 0 radical (unpaired) electrons. The van der Waals surface area contributed by atoms with E-state index in [9.17, 15) is 9.90 Å². The monoisotopic (exact) mass is 528 g/mol. The van der Waals surface area contributed by atoms with Gasteiger partial charge in [-0.15, -0.1) is 0 Å². The fourth-order valence-electron chi connectivity index (χ4n) is 5.45. The van der Waals surface area contributed by atoms with Gasteiger partial charge >= 0.3 is 6.09 Å². The van der Waals surface area contributed by atoms with Crippen molar-refractivity contribution in [1.82, 2.24) is 14.8 Å². The molecular weight excluding hydrogens is 488 g/mol. The second-order valence-corrected chi connectivity index (χ2v) is 11.9. The highest BCUT2D eigenvalue weighted by Gasteiger charge is 2.30. The topological polar surface area (TPSA) is 77.9 Å². The van der Waals surface area contributed by atoms with Gasteiger partial charge in [-0.1, -0.05) is 23.7 Å². The molecule has 37 heavy (non-hydrogen) atoms. The van der Waals surface area contributed by atoms with E-state index in [0.29, 0.717) is 24.2 Å². The third-order valence-electron chi connectivity index (χ3n) is 7.41. The Hall–Kier alpha value is -2.19. The molecule has 8 heteroatoms. The molecule has 202 valence electrons. The van der Waals surface area contributed by atoms with Crippen LogP contribution in [-0.4, -0.2) is 69.9 Å². The van der Waals surface area contributed by atoms with Gasteiger partial charge in [0.05, 0.1) is 6.10 Å². The number of hydrogen-bond donors (Lipinski definition) is 2. The predicted molar refractivity (Wildman–Crippen MR) is 148 cm³/mol. The zero-order chi connectivity index (χ0) is 26.4. The molecule has 0 spiro atoms. The lowest BCUT2D eigenvalue weighted by atomic mass is 9.86. The van der Waals surface area contributed by atoms with Crippen LogP contribution in [0.25, 0.3) is 0 Å². The number of benzene rings is 1. The summed E-state index contributed by atoms with van der Waals surface area (Å²) in [5, 5.41) is 14.3. The summed E-state index contributed by atoms with van der Waals surface area (Å²) in [5.41, 5.74) is 1.74. The van der Waals surface area contributed by atoms with Crippen molar-refractivity contribution in [2.75, 3.05) is 31.5 Å². The van der Waals surface area contributed by atoms with Gasteiger partial charge in [-0.3, -0.25) is 10.2 Å². The number of anilines is 1. The zero-order valence-electron chi connectivity index (χ0n) is 22.3. The number of amides is 1. The number of aromatic nitrogens is 1. The smallest absolute Gasteiger partial charge is 0.413 e. The highest BCUT2D eigenvalue weighted by atomic mass is 35.5. The third-order valence-corrected chi connectivity index (χ3v) is 7.66. The molecule has 1 aromatic heterocycles. The van der Waals surface area contributed by atoms with Crippen LogP contribution in [0.5, 0.6) is 0 Å². The predicted octanol–water partition coefficient (Wildman–Crippen LogP) is 5.36. The van der Waals surface area contributed by atoms with Crippen molar-refractivity contribution in [3.05, 3.63) is 58.7 Å². The molecule has 3 heterocycles. The van der Waals surface area contributed by atoms with Crippen LogP contribution in [0.3, 0.4) is 0 Å². The van der Waals surface area contributed by atoms with Crippen molar-refractivity contribution in [2.45, 2.75) is 77.2 Å². The van der Waals surface area contributed by atoms with Gasteiger partial charge in [0, 0.05) is 23.8 Å². The van der Waals surface area contributed by atoms with Gasteiger partial charge in [0.25, 0.3) is 0 Å². The fraction of sp³-hybridized carbons (Fsp3) is 0.586. The largest absolute Gasteiger partial charge is 0.444 e. The first-order valence-electron chi connectivity index (χ1n) is 13.5. The molecule has 2 aliphatic rings. The summed E-state index contributed by atoms with van der Waals surface area (Å²) >= 11 is 5.98. The van der Waals surface area contributed by atoms with Crippen molar-refractivity contribution in [3.63, 3.8) is 0 Å². The number of piperidine rings is 2. The quantitative estimate of drug-likeness (QED) is 0.503. The second-order valence-electron chi connectivity index (χ2n) is 11.5. The minimum Gasteiger partial charge on any atom is -0.444 e. The first-order chi connectivity index (χ1) is 17.6. The van der Waals surface area contributed by atoms with E-state index in [-0.39, 0.29) is 6.10 Å². The summed E-state index contributed by atoms with van der Waals surface area (Å²) in [7, 11) is 0. The van der Waals surface area contributed by atoms with Crippen molar-refractivity contribution < 1.29 is 14.6 Å². The molecule has 1 atom stereocenters. The Morgan fingerprint density at radius 1 is 1.08 bits per heavy atom. The van der Waals surface area contributed by atoms with Crippen LogP contribution in [-0.2, 0) is 17.7 Å². The van der Waals surface area contributed by atoms with E-state index in [2.05, 4.69) is 20.1 Å². The Labute approximate surface area is 226 Å². The van der Waals surface area contributed by atoms with Crippen LogP contribution in [0.4, 0.5) is 10.6 Å². The standard InChI is InChI=1S/C29H41ClN4O3/c1-29(2,3)37-28(36)32-27-19-22(8-13-31-27)20-33-14-11-25(12-15-33)34-16-9-23(10-17-34)26(35)18-21-4-6-24(30)7-5-21/h4-8,13,19,23,25-26,35H,9-12,14-18,20H2,1-3H3,(H,31,32,36). The highest BCUT2D eigenvalue weighted by Crippen LogP contribution is 2.28. The van der Waals surface area contributed by atoms with E-state index in [4.69, 9.17) is 16.3 Å². The van der Waals surface area contributed by atoms with Crippen molar-refractivity contribution >= 4 is 23.5 Å². The van der Waals surface area contributed by atoms with Gasteiger partial charge in [-0.05, 0) is 120 Å². The molecule has 2 fully saturated rings. The first kappa shape index (κ1) is 27.8. The average molecular weight is 529 g/mol. The summed E-state index contributed by atoms with van der Waals surface area (Å²) in [5.74, 6) is 0.880. The Morgan fingerprint density at radius 3 is 2.41 bits per heavy atom. The SMILES string of the molecule is CC(C)(C)OC(=O)Nc1cc(CN2CCC(N3CCC(C(O)Cc4ccc(Cl)cc4)CC3)CC2)ccn1. The molecule has 2 saturated heterocycles. The lowest BCUT2D eigenvalue weighted by Gasteiger charge is -2.42. The lowest BCUT2D eigenvalue weighted by Crippen LogP contribution is -2.48. The second kappa shape index (κ2) is 12.6. The van der Waals surface area contributed by atoms with E-state index in [1.54, 1.807) is 6.20 Å². The Bertz CT molecular complexity index is 1010. The number of nitrogens with one attached hydrogen (secondary N) is 1. The number of ether oxygens (including phenoxy) is 1. The molecule has 0 aliphatic carbocycles. The molecular formula is C29H41ClN4O3. The molecule has 4 rings (SSSR count). The maximum Gasteiger partial charge on any atom is 0.413 e. The maximum absolute atomic E-state index is 12.1. The van der Waals surface area contributed by atoms with Crippen LogP contribution in [0, 0.1) is 5.92 Å². The third kappa shape index (κ3) is 8.67. The first-order valence-corrected chi connectivity index (χ1v) is 13.9. The Kier molecular flexibility index (Phi) is 9.46. The minimum absolute atomic E-state index is 0.291. The van der Waals surface area contributed by atoms with Crippen molar-refractivity contribution in [3.8, 4) is 0 Å². The maximum atomic E-state index is 12.1. The number of halogens is 1. The summed E-state index contributed by atoms with van der Waals surface area (Å²) in [4.78, 5) is 21.4. The number of aliphatic hydroxyl groups excluding tert-OH is 1. The Morgan fingerprint density at radius 2 is 1.76 bits per heavy atom. The number of pyridine rings is 1. The number of aliphatic hydroxyl groups is 1. The van der Waals surface area contributed by atoms with Gasteiger partial charge < -0.3 is 14.7 Å². The van der Waals surface area contributed by atoms with Crippen LogP contribution < -0.4 is 5.32 Å². The van der Waals surface area contributed by atoms with E-state index in [1.807, 2.05) is 57.2 Å². The molecule has 2 aromatic rings. The molecule has 0 bridgehead atoms. The van der Waals surface area contributed by atoms with E-state index in [0.717, 1.165) is 74.6 Å². The summed E-state index contributed by atoms with van der Waals surface area (Å²) in [6.07, 6.45) is 6.08. The summed E-state index contributed by atoms with van der Waals surface area (Å²) in [6, 6.07) is 12.4. The minimum atomic E-state index is -0.543. The highest BCUT2D eigenvalue weighted by molar-refractivity contribution is 6.30. The van der Waals surface area contributed by atoms with Gasteiger partial charge in [0.2, 0.25) is 0 Å². The van der Waals surface area contributed by atoms with Crippen LogP contribution in [0.2, 0.25) is 5.02 Å². The van der Waals surface area contributed by atoms with Crippen LogP contribution >= 0.6 is 11.6 Å². The molecule has 1 unspecified atom stereocenters. The van der Waals surface area contributed by atoms with Crippen molar-refractivity contribution in [2.24, 2.45) is 5.92 Å². The van der Waals surface area contributed by atoms with Gasteiger partial charge in [0.15, 0.2) is 0 Å². The van der Waals surface area contributed by atoms with E-state index in [1.165, 1.54) is 0 Å². The van der Waals surface area contributed by atoms with Crippen molar-refractivity contribution in [1.29, 1.82) is 0 Å². The Balaban J connectivity index is 1.18. The van der Waals surface area contributed by atoms with Crippen LogP contribution in [0.1, 0.15) is 57.6 Å². The molecule has 1 aromatic carbocycles. The molecule has 2 aliphatic heterocycles. The average Bonchev–Trinajstić information content (AvgIpc) is 2.85. The molecule has 2 N–H and O–H groups in total. The van der Waals surface area contributed by atoms with Gasteiger partial charge in [-0.25, -0.2) is 9.78 Å². The summed E-state index contributed by atoms with van der Waals surface area (Å²) in [6.45, 7) is 10.6. The fourth-order valence-corrected chi connectivity index (χ4v) is 5.57. The summed E-state index contributed by atoms with van der Waals surface area (Å²) < 4.78 is 5.33. The van der Waals surface area contributed by atoms with Gasteiger partial charge in [-0.2, -0.15) is 0 Å². The number of likely N-dealkylation sites (tertiary alicyclic amines) is 2. The lowest BCUT2D eigenvalue weighted by molar-refractivity contribution is 0.0298. The molecule has 0 saturated carbocycles. The number of carbonyl (C=O) groups excluding carboxylic acids is 1. The van der Waals surface area contributed by atoms with Crippen LogP contribution in [0.15, 0.2) is 42.6 Å². The number of carbonyl (C=O) groups is 1. The zero-order valence-corrected chi connectivity index (χ0v) is 23.1. The number of rotatable bonds is 7. The van der Waals surface area contributed by atoms with E-state index < -0.39 is 11.7 Å². The molecule has 7 nitrogen and oxygen atoms in total. The number of hydrogen-bond acceptors (Lipinski definition) is 6. The normalized spacial score (nSPS) is 19.5. The van der Waals surface area contributed by atoms with Gasteiger partial charge in [0.1, 0.15) is 11.4 Å². The number of nitrogens with zero attached hydrogens (tertiary/aromatic N) is 3. The molecule has 1 amide bonds.